The van der Waals surface area contributed by atoms with Crippen molar-refractivity contribution in [3.05, 3.63) is 0 Å². The summed E-state index contributed by atoms with van der Waals surface area (Å²) in [7, 11) is -3.11. The zero-order chi connectivity index (χ0) is 13.5. The lowest BCUT2D eigenvalue weighted by Gasteiger charge is -2.22. The fourth-order valence-electron chi connectivity index (χ4n) is 1.36. The van der Waals surface area contributed by atoms with Crippen molar-refractivity contribution in [2.75, 3.05) is 37.7 Å². The minimum absolute atomic E-state index is 0.0170. The molecule has 0 saturated carbocycles. The molecule has 0 bridgehead atoms. The van der Waals surface area contributed by atoms with E-state index in [0.717, 1.165) is 4.90 Å². The molecule has 0 spiro atoms. The monoisotopic (exact) mass is 276 g/mol. The van der Waals surface area contributed by atoms with Gasteiger partial charge in [0, 0.05) is 18.8 Å². The van der Waals surface area contributed by atoms with E-state index in [1.165, 1.54) is 6.92 Å². The highest BCUT2D eigenvalue weighted by atomic mass is 32.2. The summed E-state index contributed by atoms with van der Waals surface area (Å²) in [5, 5.41) is 0. The zero-order valence-electron chi connectivity index (χ0n) is 9.83. The smallest absolute Gasteiger partial charge is 0.329 e. The molecule has 8 heteroatoms. The van der Waals surface area contributed by atoms with E-state index in [4.69, 9.17) is 5.73 Å². The van der Waals surface area contributed by atoms with E-state index in [2.05, 4.69) is 0 Å². The number of rotatable bonds is 8. The minimum Gasteiger partial charge on any atom is -0.329 e. The van der Waals surface area contributed by atoms with Gasteiger partial charge in [-0.25, -0.2) is 8.42 Å². The van der Waals surface area contributed by atoms with Gasteiger partial charge in [0.1, 0.15) is 9.84 Å². The van der Waals surface area contributed by atoms with Gasteiger partial charge in [0.25, 0.3) is 0 Å². The van der Waals surface area contributed by atoms with Crippen LogP contribution in [0, 0.1) is 0 Å². The lowest BCUT2D eigenvalue weighted by molar-refractivity contribution is -0.145. The maximum atomic E-state index is 12.2. The Labute approximate surface area is 99.9 Å². The third-order valence-corrected chi connectivity index (χ3v) is 4.01. The molecule has 0 rings (SSSR count). The summed E-state index contributed by atoms with van der Waals surface area (Å²) in [6, 6.07) is 0. The van der Waals surface area contributed by atoms with Crippen molar-refractivity contribution < 1.29 is 21.6 Å². The van der Waals surface area contributed by atoms with Crippen LogP contribution in [-0.4, -0.2) is 57.2 Å². The molecule has 0 aliphatic rings. The first-order valence-electron chi connectivity index (χ1n) is 5.40. The van der Waals surface area contributed by atoms with Crippen LogP contribution in [0.4, 0.5) is 13.2 Å². The average Bonchev–Trinajstić information content (AvgIpc) is 2.15. The molecule has 4 nitrogen and oxygen atoms in total. The summed E-state index contributed by atoms with van der Waals surface area (Å²) in [6.45, 7) is 0.803. The van der Waals surface area contributed by atoms with Gasteiger partial charge in [-0.15, -0.1) is 0 Å². The first kappa shape index (κ1) is 16.7. The van der Waals surface area contributed by atoms with Crippen molar-refractivity contribution in [3.8, 4) is 0 Å². The fourth-order valence-corrected chi connectivity index (χ4v) is 2.22. The van der Waals surface area contributed by atoms with Gasteiger partial charge in [-0.1, -0.05) is 6.92 Å². The molecule has 0 aromatic carbocycles. The van der Waals surface area contributed by atoms with Gasteiger partial charge in [0.15, 0.2) is 0 Å². The van der Waals surface area contributed by atoms with Crippen LogP contribution in [0.25, 0.3) is 0 Å². The summed E-state index contributed by atoms with van der Waals surface area (Å²) in [5.41, 5.74) is 5.20. The summed E-state index contributed by atoms with van der Waals surface area (Å²) in [5.74, 6) is -0.0639. The van der Waals surface area contributed by atoms with Gasteiger partial charge in [-0.05, 0) is 13.0 Å². The second kappa shape index (κ2) is 7.17. The van der Waals surface area contributed by atoms with Crippen LogP contribution < -0.4 is 5.73 Å². The Balaban J connectivity index is 4.10. The molecule has 0 fully saturated rings. The van der Waals surface area contributed by atoms with E-state index in [1.54, 1.807) is 0 Å². The SMILES string of the molecule is CCS(=O)(=O)CCCN(CCN)CC(F)(F)F. The van der Waals surface area contributed by atoms with E-state index in [1.807, 2.05) is 0 Å². The second-order valence-electron chi connectivity index (χ2n) is 3.77. The summed E-state index contributed by atoms with van der Waals surface area (Å²) in [4.78, 5) is 1.13. The molecule has 0 unspecified atom stereocenters. The Morgan fingerprint density at radius 3 is 2.24 bits per heavy atom. The van der Waals surface area contributed by atoms with Crippen molar-refractivity contribution in [2.45, 2.75) is 19.5 Å². The molecule has 0 radical (unpaired) electrons. The van der Waals surface area contributed by atoms with Crippen LogP contribution in [0.1, 0.15) is 13.3 Å². The van der Waals surface area contributed by atoms with Gasteiger partial charge < -0.3 is 5.73 Å². The third-order valence-electron chi connectivity index (χ3n) is 2.22. The molecule has 0 atom stereocenters. The van der Waals surface area contributed by atoms with E-state index >= 15 is 0 Å². The summed E-state index contributed by atoms with van der Waals surface area (Å²) >= 11 is 0. The molecule has 0 aromatic heterocycles. The Bertz CT molecular complexity index is 304. The van der Waals surface area contributed by atoms with Crippen molar-refractivity contribution in [1.82, 2.24) is 4.90 Å². The van der Waals surface area contributed by atoms with Gasteiger partial charge >= 0.3 is 6.18 Å². The van der Waals surface area contributed by atoms with Gasteiger partial charge in [0.2, 0.25) is 0 Å². The van der Waals surface area contributed by atoms with Crippen molar-refractivity contribution >= 4 is 9.84 Å². The highest BCUT2D eigenvalue weighted by Crippen LogP contribution is 2.16. The molecule has 0 amide bonds. The van der Waals surface area contributed by atoms with E-state index in [0.29, 0.717) is 0 Å². The lowest BCUT2D eigenvalue weighted by atomic mass is 10.4. The normalized spacial score (nSPS) is 13.3. The largest absolute Gasteiger partial charge is 0.401 e. The number of hydrogen-bond donors (Lipinski definition) is 1. The molecule has 0 aromatic rings. The Morgan fingerprint density at radius 2 is 1.82 bits per heavy atom. The molecule has 2 N–H and O–H groups in total. The molecule has 0 heterocycles. The van der Waals surface area contributed by atoms with E-state index in [9.17, 15) is 21.6 Å². The number of nitrogens with two attached hydrogens (primary N) is 1. The molecule has 0 aliphatic carbocycles. The van der Waals surface area contributed by atoms with Crippen LogP contribution in [0.5, 0.6) is 0 Å². The predicted molar refractivity (Wildman–Crippen MR) is 60.5 cm³/mol. The standard InChI is InChI=1S/C9H19F3N2O2S/c1-2-17(15,16)7-3-5-14(6-4-13)8-9(10,11)12/h2-8,13H2,1H3. The molecule has 0 saturated heterocycles. The second-order valence-corrected chi connectivity index (χ2v) is 6.24. The average molecular weight is 276 g/mol. The Kier molecular flexibility index (Phi) is 7.03. The van der Waals surface area contributed by atoms with Crippen LogP contribution in [0.2, 0.25) is 0 Å². The summed E-state index contributed by atoms with van der Waals surface area (Å²) < 4.78 is 58.8. The molecule has 0 aliphatic heterocycles. The van der Waals surface area contributed by atoms with Crippen molar-refractivity contribution in [2.24, 2.45) is 5.73 Å². The highest BCUT2D eigenvalue weighted by Gasteiger charge is 2.30. The topological polar surface area (TPSA) is 63.4 Å². The maximum Gasteiger partial charge on any atom is 0.401 e. The lowest BCUT2D eigenvalue weighted by Crippen LogP contribution is -2.38. The first-order chi connectivity index (χ1) is 7.70. The first-order valence-corrected chi connectivity index (χ1v) is 7.22. The number of halogens is 3. The minimum atomic E-state index is -4.28. The van der Waals surface area contributed by atoms with Gasteiger partial charge in [0.05, 0.1) is 12.3 Å². The van der Waals surface area contributed by atoms with Gasteiger partial charge in [-0.2, -0.15) is 13.2 Å². The van der Waals surface area contributed by atoms with E-state index in [-0.39, 0.29) is 37.6 Å². The molecular formula is C9H19F3N2O2S. The van der Waals surface area contributed by atoms with Crippen LogP contribution >= 0.6 is 0 Å². The highest BCUT2D eigenvalue weighted by molar-refractivity contribution is 7.91. The molecule has 104 valence electrons. The van der Waals surface area contributed by atoms with Crippen LogP contribution in [0.3, 0.4) is 0 Å². The van der Waals surface area contributed by atoms with Crippen molar-refractivity contribution in [1.29, 1.82) is 0 Å². The number of alkyl halides is 3. The summed E-state index contributed by atoms with van der Waals surface area (Å²) in [6.07, 6.45) is -4.08. The van der Waals surface area contributed by atoms with Crippen LogP contribution in [0.15, 0.2) is 0 Å². The number of nitrogens with zero attached hydrogens (tertiary/aromatic N) is 1. The number of sulfone groups is 1. The zero-order valence-corrected chi connectivity index (χ0v) is 10.6. The fraction of sp³-hybridized carbons (Fsp3) is 1.00. The molecule has 17 heavy (non-hydrogen) atoms. The van der Waals surface area contributed by atoms with E-state index < -0.39 is 22.6 Å². The quantitative estimate of drug-likeness (QED) is 0.706. The van der Waals surface area contributed by atoms with Crippen LogP contribution in [-0.2, 0) is 9.84 Å². The maximum absolute atomic E-state index is 12.2. The Hall–Kier alpha value is -0.340. The van der Waals surface area contributed by atoms with Crippen molar-refractivity contribution in [3.63, 3.8) is 0 Å². The Morgan fingerprint density at radius 1 is 1.24 bits per heavy atom. The van der Waals surface area contributed by atoms with Gasteiger partial charge in [-0.3, -0.25) is 4.90 Å². The number of hydrogen-bond acceptors (Lipinski definition) is 4. The molecular weight excluding hydrogens is 257 g/mol. The third kappa shape index (κ3) is 9.37. The predicted octanol–water partition coefficient (Wildman–Crippen LogP) is 0.634.